The largest absolute Gasteiger partial charge is 0.309 e. The van der Waals surface area contributed by atoms with Crippen molar-refractivity contribution in [2.45, 2.75) is 0 Å². The van der Waals surface area contributed by atoms with Crippen LogP contribution in [-0.2, 0) is 0 Å². The summed E-state index contributed by atoms with van der Waals surface area (Å²) < 4.78 is 2.43. The minimum atomic E-state index is 0.691. The Labute approximate surface area is 318 Å². The summed E-state index contributed by atoms with van der Waals surface area (Å²) in [6.07, 6.45) is 0. The van der Waals surface area contributed by atoms with E-state index in [1.165, 1.54) is 38.0 Å². The highest BCUT2D eigenvalue weighted by atomic mass is 15.0. The molecule has 2 heterocycles. The molecule has 256 valence electrons. The molecule has 0 amide bonds. The molecule has 55 heavy (non-hydrogen) atoms. The molecule has 3 nitrogen and oxygen atoms in total. The summed E-state index contributed by atoms with van der Waals surface area (Å²) in [6, 6.07) is 71.5. The van der Waals surface area contributed by atoms with Crippen LogP contribution in [-0.4, -0.2) is 14.5 Å². The van der Waals surface area contributed by atoms with E-state index in [0.717, 1.165) is 61.1 Å². The quantitative estimate of drug-likeness (QED) is 0.179. The smallest absolute Gasteiger partial charge is 0.160 e. The second-order valence-corrected chi connectivity index (χ2v) is 14.2. The fraction of sp³-hybridized carbons (Fsp3) is 0. The molecule has 11 aromatic rings. The molecule has 0 spiro atoms. The van der Waals surface area contributed by atoms with Crippen molar-refractivity contribution < 1.29 is 0 Å². The predicted molar refractivity (Wildman–Crippen MR) is 231 cm³/mol. The van der Waals surface area contributed by atoms with Crippen molar-refractivity contribution in [2.75, 3.05) is 0 Å². The number of hydrogen-bond donors (Lipinski definition) is 0. The molecule has 0 N–H and O–H groups in total. The topological polar surface area (TPSA) is 30.7 Å². The van der Waals surface area contributed by atoms with Gasteiger partial charge in [-0.05, 0) is 80.9 Å². The molecule has 0 aliphatic heterocycles. The minimum absolute atomic E-state index is 0.691. The van der Waals surface area contributed by atoms with E-state index in [1.54, 1.807) is 0 Å². The van der Waals surface area contributed by atoms with Gasteiger partial charge in [-0.2, -0.15) is 0 Å². The average Bonchev–Trinajstić information content (AvgIpc) is 3.58. The van der Waals surface area contributed by atoms with Crippen molar-refractivity contribution in [2.24, 2.45) is 0 Å². The van der Waals surface area contributed by atoms with E-state index in [9.17, 15) is 0 Å². The van der Waals surface area contributed by atoms with Gasteiger partial charge in [0, 0.05) is 32.7 Å². The normalized spacial score (nSPS) is 11.6. The van der Waals surface area contributed by atoms with Gasteiger partial charge in [-0.3, -0.25) is 0 Å². The van der Waals surface area contributed by atoms with Crippen LogP contribution in [0.15, 0.2) is 200 Å². The van der Waals surface area contributed by atoms with Crippen LogP contribution in [0.3, 0.4) is 0 Å². The van der Waals surface area contributed by atoms with E-state index in [1.807, 2.05) is 0 Å². The number of aromatic nitrogens is 3. The van der Waals surface area contributed by atoms with Crippen LogP contribution in [0.1, 0.15) is 0 Å². The second-order valence-electron chi connectivity index (χ2n) is 14.2. The van der Waals surface area contributed by atoms with Crippen LogP contribution in [0.2, 0.25) is 0 Å². The maximum absolute atomic E-state index is 5.45. The standard InChI is InChI=1S/C52H33N3/c1-4-16-34(17-5-1)43-32-46-47(33-44(43)35-18-6-2-7-19-35)53-52(54-51(46)36-20-8-3-9-21-36)40-28-39-24-12-13-25-41(39)49(31-40)55-48-27-15-14-26-42(48)45-29-37-22-10-11-23-38(37)30-50(45)55/h1-33H. The number of benzene rings is 9. The fourth-order valence-electron chi connectivity index (χ4n) is 8.35. The van der Waals surface area contributed by atoms with Crippen LogP contribution in [0, 0.1) is 0 Å². The molecule has 0 saturated carbocycles. The van der Waals surface area contributed by atoms with Gasteiger partial charge in [0.25, 0.3) is 0 Å². The predicted octanol–water partition coefficient (Wildman–Crippen LogP) is 13.7. The number of fused-ring (bicyclic) bond motifs is 6. The van der Waals surface area contributed by atoms with E-state index in [-0.39, 0.29) is 0 Å². The van der Waals surface area contributed by atoms with Gasteiger partial charge in [-0.15, -0.1) is 0 Å². The summed E-state index contributed by atoms with van der Waals surface area (Å²) in [5.41, 5.74) is 11.9. The Morgan fingerprint density at radius 2 is 0.891 bits per heavy atom. The maximum Gasteiger partial charge on any atom is 0.160 e. The van der Waals surface area contributed by atoms with Gasteiger partial charge in [0.05, 0.1) is 27.9 Å². The first-order chi connectivity index (χ1) is 27.3. The second kappa shape index (κ2) is 12.6. The van der Waals surface area contributed by atoms with Crippen molar-refractivity contribution in [3.8, 4) is 50.6 Å². The first kappa shape index (κ1) is 31.2. The molecule has 0 unspecified atom stereocenters. The lowest BCUT2D eigenvalue weighted by Crippen LogP contribution is -2.00. The zero-order chi connectivity index (χ0) is 36.3. The first-order valence-electron chi connectivity index (χ1n) is 18.7. The first-order valence-corrected chi connectivity index (χ1v) is 18.7. The molecule has 2 aromatic heterocycles. The number of hydrogen-bond acceptors (Lipinski definition) is 2. The van der Waals surface area contributed by atoms with Crippen LogP contribution in [0.4, 0.5) is 0 Å². The SMILES string of the molecule is c1ccc(-c2cc3nc(-c4cc(-n5c6ccccc6c6cc7ccccc7cc65)c5ccccc5c4)nc(-c4ccccc4)c3cc2-c2ccccc2)cc1. The van der Waals surface area contributed by atoms with E-state index in [0.29, 0.717) is 5.82 Å². The Morgan fingerprint density at radius 1 is 0.327 bits per heavy atom. The molecule has 0 radical (unpaired) electrons. The summed E-state index contributed by atoms with van der Waals surface area (Å²) in [5, 5.41) is 8.24. The zero-order valence-electron chi connectivity index (χ0n) is 29.9. The molecule has 0 bridgehead atoms. The summed E-state index contributed by atoms with van der Waals surface area (Å²) in [6.45, 7) is 0. The summed E-state index contributed by atoms with van der Waals surface area (Å²) in [7, 11) is 0. The molecule has 11 rings (SSSR count). The molecule has 0 fully saturated rings. The average molecular weight is 700 g/mol. The Bertz CT molecular complexity index is 3240. The van der Waals surface area contributed by atoms with Gasteiger partial charge in [-0.1, -0.05) is 158 Å². The molecule has 0 aliphatic carbocycles. The Kier molecular flexibility index (Phi) is 7.17. The summed E-state index contributed by atoms with van der Waals surface area (Å²) >= 11 is 0. The van der Waals surface area contributed by atoms with Gasteiger partial charge in [0.15, 0.2) is 5.82 Å². The van der Waals surface area contributed by atoms with Crippen molar-refractivity contribution in [3.63, 3.8) is 0 Å². The van der Waals surface area contributed by atoms with Crippen LogP contribution in [0.25, 0.3) is 105 Å². The van der Waals surface area contributed by atoms with Crippen LogP contribution >= 0.6 is 0 Å². The molecule has 0 aliphatic rings. The summed E-state index contributed by atoms with van der Waals surface area (Å²) in [4.78, 5) is 10.9. The van der Waals surface area contributed by atoms with Crippen molar-refractivity contribution in [1.82, 2.24) is 14.5 Å². The Morgan fingerprint density at radius 3 is 1.60 bits per heavy atom. The fourth-order valence-corrected chi connectivity index (χ4v) is 8.35. The Hall–Kier alpha value is -7.36. The highest BCUT2D eigenvalue weighted by molar-refractivity contribution is 6.15. The lowest BCUT2D eigenvalue weighted by Gasteiger charge is -2.17. The van der Waals surface area contributed by atoms with E-state index in [4.69, 9.17) is 9.97 Å². The van der Waals surface area contributed by atoms with Crippen molar-refractivity contribution in [3.05, 3.63) is 200 Å². The van der Waals surface area contributed by atoms with E-state index in [2.05, 4.69) is 205 Å². The lowest BCUT2D eigenvalue weighted by atomic mass is 9.91. The number of para-hydroxylation sites is 1. The van der Waals surface area contributed by atoms with Gasteiger partial charge >= 0.3 is 0 Å². The Balaban J connectivity index is 1.22. The highest BCUT2D eigenvalue weighted by Crippen LogP contribution is 2.41. The van der Waals surface area contributed by atoms with Gasteiger partial charge < -0.3 is 4.57 Å². The minimum Gasteiger partial charge on any atom is -0.309 e. The molecule has 0 atom stereocenters. The monoisotopic (exact) mass is 699 g/mol. The third-order valence-electron chi connectivity index (χ3n) is 10.9. The van der Waals surface area contributed by atoms with Gasteiger partial charge in [0.1, 0.15) is 0 Å². The highest BCUT2D eigenvalue weighted by Gasteiger charge is 2.20. The zero-order valence-corrected chi connectivity index (χ0v) is 29.9. The van der Waals surface area contributed by atoms with Gasteiger partial charge in [-0.25, -0.2) is 9.97 Å². The molecule has 3 heteroatoms. The summed E-state index contributed by atoms with van der Waals surface area (Å²) in [5.74, 6) is 0.691. The van der Waals surface area contributed by atoms with Crippen LogP contribution < -0.4 is 0 Å². The molecular weight excluding hydrogens is 667 g/mol. The molecule has 9 aromatic carbocycles. The maximum atomic E-state index is 5.45. The third-order valence-corrected chi connectivity index (χ3v) is 10.9. The third kappa shape index (κ3) is 5.20. The van der Waals surface area contributed by atoms with Crippen molar-refractivity contribution >= 4 is 54.3 Å². The number of rotatable bonds is 5. The van der Waals surface area contributed by atoms with E-state index < -0.39 is 0 Å². The lowest BCUT2D eigenvalue weighted by molar-refractivity contribution is 1.19. The van der Waals surface area contributed by atoms with Crippen LogP contribution in [0.5, 0.6) is 0 Å². The number of nitrogens with zero attached hydrogens (tertiary/aromatic N) is 3. The molecule has 0 saturated heterocycles. The van der Waals surface area contributed by atoms with Gasteiger partial charge in [0.2, 0.25) is 0 Å². The van der Waals surface area contributed by atoms with Crippen molar-refractivity contribution in [1.29, 1.82) is 0 Å². The van der Waals surface area contributed by atoms with E-state index >= 15 is 0 Å². The molecular formula is C52H33N3.